The number of hydrogen-bond donors (Lipinski definition) is 3. The van der Waals surface area contributed by atoms with Crippen molar-refractivity contribution >= 4 is 56.1 Å². The molecule has 1 aliphatic rings. The van der Waals surface area contributed by atoms with Gasteiger partial charge in [0.2, 0.25) is 15.9 Å². The minimum atomic E-state index is -3.87. The van der Waals surface area contributed by atoms with Crippen LogP contribution in [0, 0.1) is 0 Å². The number of sulfonamides is 1. The van der Waals surface area contributed by atoms with E-state index >= 15 is 0 Å². The summed E-state index contributed by atoms with van der Waals surface area (Å²) in [6.07, 6.45) is 1.44. The number of hydrogen-bond acceptors (Lipinski definition) is 7. The SMILES string of the molecule is CCC(CC)(C(N)=O)N(c1ccc(N/C(=C2\C(=O)Nc3cc(C(=O)OC)ccc32)c2ccccc2)cc1)S(C)(=O)=O. The molecule has 1 heterocycles. The van der Waals surface area contributed by atoms with Crippen LogP contribution in [0.3, 0.4) is 0 Å². The first-order valence-electron chi connectivity index (χ1n) is 13.0. The fraction of sp³-hybridized carbons (Fsp3) is 0.233. The number of nitrogens with zero attached hydrogens (tertiary/aromatic N) is 1. The van der Waals surface area contributed by atoms with Gasteiger partial charge in [0, 0.05) is 11.3 Å². The molecule has 2 amide bonds. The van der Waals surface area contributed by atoms with Crippen LogP contribution in [0.5, 0.6) is 0 Å². The lowest BCUT2D eigenvalue weighted by Crippen LogP contribution is -2.59. The van der Waals surface area contributed by atoms with Crippen LogP contribution >= 0.6 is 0 Å². The molecular formula is C30H32N4O6S. The van der Waals surface area contributed by atoms with Crippen molar-refractivity contribution in [3.63, 3.8) is 0 Å². The van der Waals surface area contributed by atoms with Gasteiger partial charge in [-0.05, 0) is 54.8 Å². The van der Waals surface area contributed by atoms with E-state index in [-0.39, 0.29) is 24.4 Å². The summed E-state index contributed by atoms with van der Waals surface area (Å²) in [7, 11) is -2.58. The summed E-state index contributed by atoms with van der Waals surface area (Å²) in [5, 5.41) is 6.14. The fourth-order valence-corrected chi connectivity index (χ4v) is 6.60. The quantitative estimate of drug-likeness (QED) is 0.242. The normalized spacial score (nSPS) is 14.1. The van der Waals surface area contributed by atoms with E-state index in [4.69, 9.17) is 10.5 Å². The van der Waals surface area contributed by atoms with Gasteiger partial charge in [0.15, 0.2) is 0 Å². The predicted octanol–water partition coefficient (Wildman–Crippen LogP) is 4.22. The molecule has 0 spiro atoms. The van der Waals surface area contributed by atoms with Gasteiger partial charge in [-0.3, -0.25) is 13.9 Å². The first-order chi connectivity index (χ1) is 19.5. The molecule has 214 valence electrons. The molecular weight excluding hydrogens is 544 g/mol. The second-order valence-electron chi connectivity index (χ2n) is 9.62. The smallest absolute Gasteiger partial charge is 0.337 e. The van der Waals surface area contributed by atoms with Crippen molar-refractivity contribution in [2.45, 2.75) is 32.2 Å². The standard InChI is InChI=1S/C30H32N4O6S/c1-5-30(6-2,29(31)37)34(41(4,38)39)22-15-13-21(14-16-22)32-26(19-10-8-7-9-11-19)25-23-17-12-20(28(36)40-3)18-24(23)33-27(25)35/h7-18,32H,5-6H2,1-4H3,(H2,31,37)(H,33,35)/b26-25-. The summed E-state index contributed by atoms with van der Waals surface area (Å²) in [6, 6.07) is 20.6. The molecule has 3 aromatic carbocycles. The Balaban J connectivity index is 1.80. The number of amides is 2. The minimum Gasteiger partial charge on any atom is -0.465 e. The number of carbonyl (C=O) groups is 3. The lowest BCUT2D eigenvalue weighted by atomic mass is 9.91. The molecule has 0 bridgehead atoms. The third-order valence-electron chi connectivity index (χ3n) is 7.22. The van der Waals surface area contributed by atoms with E-state index in [1.807, 2.05) is 30.3 Å². The topological polar surface area (TPSA) is 148 Å². The van der Waals surface area contributed by atoms with Crippen LogP contribution in [0.2, 0.25) is 0 Å². The monoisotopic (exact) mass is 576 g/mol. The molecule has 0 radical (unpaired) electrons. The number of fused-ring (bicyclic) bond motifs is 1. The number of anilines is 3. The molecule has 1 aliphatic heterocycles. The Morgan fingerprint density at radius 2 is 1.61 bits per heavy atom. The number of nitrogens with two attached hydrogens (primary N) is 1. The van der Waals surface area contributed by atoms with Crippen molar-refractivity contribution in [1.29, 1.82) is 0 Å². The number of esters is 1. The average molecular weight is 577 g/mol. The molecule has 0 unspecified atom stereocenters. The van der Waals surface area contributed by atoms with Crippen molar-refractivity contribution in [2.75, 3.05) is 28.3 Å². The zero-order valence-corrected chi connectivity index (χ0v) is 24.0. The second kappa shape index (κ2) is 11.5. The molecule has 4 N–H and O–H groups in total. The van der Waals surface area contributed by atoms with Crippen molar-refractivity contribution in [3.05, 3.63) is 89.5 Å². The number of ether oxygens (including phenoxy) is 1. The Kier molecular flexibility index (Phi) is 8.20. The van der Waals surface area contributed by atoms with E-state index in [0.29, 0.717) is 33.8 Å². The fourth-order valence-electron chi connectivity index (χ4n) is 5.12. The Hall–Kier alpha value is -4.64. The molecule has 0 fully saturated rings. The highest BCUT2D eigenvalue weighted by molar-refractivity contribution is 7.92. The molecule has 4 rings (SSSR count). The summed E-state index contributed by atoms with van der Waals surface area (Å²) >= 11 is 0. The van der Waals surface area contributed by atoms with Crippen molar-refractivity contribution < 1.29 is 27.5 Å². The third-order valence-corrected chi connectivity index (χ3v) is 8.44. The van der Waals surface area contributed by atoms with E-state index in [2.05, 4.69) is 10.6 Å². The van der Waals surface area contributed by atoms with E-state index < -0.39 is 27.4 Å². The number of primary amides is 1. The maximum Gasteiger partial charge on any atom is 0.337 e. The zero-order valence-electron chi connectivity index (χ0n) is 23.2. The van der Waals surface area contributed by atoms with Crippen LogP contribution in [0.15, 0.2) is 72.8 Å². The van der Waals surface area contributed by atoms with Gasteiger partial charge in [-0.25, -0.2) is 13.2 Å². The summed E-state index contributed by atoms with van der Waals surface area (Å²) in [4.78, 5) is 37.8. The summed E-state index contributed by atoms with van der Waals surface area (Å²) in [5.74, 6) is -1.60. The molecule has 41 heavy (non-hydrogen) atoms. The molecule has 0 atom stereocenters. The second-order valence-corrected chi connectivity index (χ2v) is 11.5. The maximum atomic E-state index is 13.2. The Morgan fingerprint density at radius 1 is 0.976 bits per heavy atom. The van der Waals surface area contributed by atoms with E-state index in [1.54, 1.807) is 56.3 Å². The third kappa shape index (κ3) is 5.53. The predicted molar refractivity (Wildman–Crippen MR) is 160 cm³/mol. The minimum absolute atomic E-state index is 0.197. The van der Waals surface area contributed by atoms with Crippen LogP contribution in [0.1, 0.15) is 48.2 Å². The van der Waals surface area contributed by atoms with Crippen molar-refractivity contribution in [2.24, 2.45) is 5.73 Å². The van der Waals surface area contributed by atoms with Gasteiger partial charge in [0.25, 0.3) is 5.91 Å². The molecule has 3 aromatic rings. The maximum absolute atomic E-state index is 13.2. The van der Waals surface area contributed by atoms with Gasteiger partial charge in [0.1, 0.15) is 5.54 Å². The van der Waals surface area contributed by atoms with Gasteiger partial charge in [-0.1, -0.05) is 50.2 Å². The lowest BCUT2D eigenvalue weighted by Gasteiger charge is -2.40. The molecule has 0 saturated carbocycles. The molecule has 11 heteroatoms. The molecule has 10 nitrogen and oxygen atoms in total. The van der Waals surface area contributed by atoms with Gasteiger partial charge in [-0.15, -0.1) is 0 Å². The number of carbonyl (C=O) groups excluding carboxylic acids is 3. The van der Waals surface area contributed by atoms with E-state index in [9.17, 15) is 22.8 Å². The van der Waals surface area contributed by atoms with Gasteiger partial charge in [-0.2, -0.15) is 0 Å². The van der Waals surface area contributed by atoms with Crippen molar-refractivity contribution in [1.82, 2.24) is 0 Å². The number of methoxy groups -OCH3 is 1. The summed E-state index contributed by atoms with van der Waals surface area (Å²) in [5.41, 5.74) is 8.14. The summed E-state index contributed by atoms with van der Waals surface area (Å²) in [6.45, 7) is 3.44. The first kappa shape index (κ1) is 29.3. The van der Waals surface area contributed by atoms with Crippen molar-refractivity contribution in [3.8, 4) is 0 Å². The van der Waals surface area contributed by atoms with Gasteiger partial charge in [0.05, 0.1) is 41.6 Å². The highest BCUT2D eigenvalue weighted by Crippen LogP contribution is 2.39. The lowest BCUT2D eigenvalue weighted by molar-refractivity contribution is -0.123. The molecule has 0 saturated heterocycles. The highest BCUT2D eigenvalue weighted by Gasteiger charge is 2.44. The average Bonchev–Trinajstić information content (AvgIpc) is 3.28. The van der Waals surface area contributed by atoms with E-state index in [0.717, 1.165) is 16.1 Å². The van der Waals surface area contributed by atoms with E-state index in [1.165, 1.54) is 7.11 Å². The molecule has 0 aliphatic carbocycles. The first-order valence-corrected chi connectivity index (χ1v) is 14.8. The zero-order chi connectivity index (χ0) is 29.9. The Morgan fingerprint density at radius 3 is 2.15 bits per heavy atom. The number of nitrogens with one attached hydrogen (secondary N) is 2. The highest BCUT2D eigenvalue weighted by atomic mass is 32.2. The largest absolute Gasteiger partial charge is 0.465 e. The Labute approximate surface area is 239 Å². The Bertz CT molecular complexity index is 1630. The van der Waals surface area contributed by atoms with Gasteiger partial charge < -0.3 is 21.1 Å². The number of benzene rings is 3. The molecule has 0 aromatic heterocycles. The van der Waals surface area contributed by atoms with Crippen LogP contribution in [0.4, 0.5) is 17.1 Å². The number of rotatable bonds is 10. The van der Waals surface area contributed by atoms with Crippen LogP contribution in [0.25, 0.3) is 11.3 Å². The van der Waals surface area contributed by atoms with Gasteiger partial charge >= 0.3 is 5.97 Å². The van der Waals surface area contributed by atoms with Crippen LogP contribution < -0.4 is 20.7 Å². The van der Waals surface area contributed by atoms with Crippen LogP contribution in [-0.2, 0) is 24.3 Å². The summed E-state index contributed by atoms with van der Waals surface area (Å²) < 4.78 is 31.6. The van der Waals surface area contributed by atoms with Crippen LogP contribution in [-0.4, -0.2) is 45.1 Å².